The normalized spacial score (nSPS) is 12.3. The van der Waals surface area contributed by atoms with Gasteiger partial charge in [-0.05, 0) is 43.7 Å². The summed E-state index contributed by atoms with van der Waals surface area (Å²) in [6.07, 6.45) is 0. The third-order valence-electron chi connectivity index (χ3n) is 4.01. The van der Waals surface area contributed by atoms with E-state index in [1.807, 2.05) is 13.8 Å². The molecule has 1 unspecified atom stereocenters. The summed E-state index contributed by atoms with van der Waals surface area (Å²) in [6, 6.07) is 5.38. The van der Waals surface area contributed by atoms with Crippen molar-refractivity contribution in [2.75, 3.05) is 18.8 Å². The molecular formula is C17H18FN5O2S2. The Labute approximate surface area is 162 Å². The highest BCUT2D eigenvalue weighted by atomic mass is 32.2. The summed E-state index contributed by atoms with van der Waals surface area (Å²) >= 11 is -0.291. The van der Waals surface area contributed by atoms with Crippen LogP contribution >= 0.6 is 11.3 Å². The lowest BCUT2D eigenvalue weighted by Crippen LogP contribution is -2.34. The molecule has 0 radical (unpaired) electrons. The van der Waals surface area contributed by atoms with Crippen molar-refractivity contribution < 1.29 is 13.7 Å². The number of nitrogens with two attached hydrogens (primary N) is 1. The van der Waals surface area contributed by atoms with Crippen LogP contribution in [0.25, 0.3) is 10.2 Å². The molecule has 0 fully saturated rings. The molecule has 0 bridgehead atoms. The first-order chi connectivity index (χ1) is 12.9. The smallest absolute Gasteiger partial charge is 0.263 e. The molecule has 142 valence electrons. The van der Waals surface area contributed by atoms with Gasteiger partial charge in [0.2, 0.25) is 0 Å². The van der Waals surface area contributed by atoms with Crippen molar-refractivity contribution in [2.24, 2.45) is 0 Å². The summed E-state index contributed by atoms with van der Waals surface area (Å²) in [6.45, 7) is 4.26. The summed E-state index contributed by atoms with van der Waals surface area (Å²) < 4.78 is 27.7. The Hall–Kier alpha value is -2.27. The maximum Gasteiger partial charge on any atom is 0.263 e. The van der Waals surface area contributed by atoms with Crippen molar-refractivity contribution in [1.82, 2.24) is 20.2 Å². The van der Waals surface area contributed by atoms with Crippen LogP contribution in [-0.2, 0) is 11.4 Å². The van der Waals surface area contributed by atoms with Crippen LogP contribution in [0.1, 0.15) is 20.9 Å². The molecule has 1 atom stereocenters. The number of aryl methyl sites for hydroxylation is 2. The maximum atomic E-state index is 12.9. The first-order valence-electron chi connectivity index (χ1n) is 8.09. The van der Waals surface area contributed by atoms with Gasteiger partial charge in [-0.25, -0.2) is 4.39 Å². The van der Waals surface area contributed by atoms with E-state index in [0.717, 1.165) is 16.6 Å². The van der Waals surface area contributed by atoms with Crippen LogP contribution in [0.3, 0.4) is 0 Å². The monoisotopic (exact) mass is 407 g/mol. The Kier molecular flexibility index (Phi) is 5.90. The molecule has 0 saturated carbocycles. The number of benzene rings is 1. The number of nitrogen functional groups attached to an aromatic ring is 1. The van der Waals surface area contributed by atoms with Crippen LogP contribution < -0.4 is 15.8 Å². The molecule has 3 aromatic rings. The molecule has 27 heavy (non-hydrogen) atoms. The molecule has 3 rings (SSSR count). The van der Waals surface area contributed by atoms with Crippen LogP contribution in [0.5, 0.6) is 0 Å². The van der Waals surface area contributed by atoms with Crippen molar-refractivity contribution >= 4 is 44.5 Å². The highest BCUT2D eigenvalue weighted by Crippen LogP contribution is 2.34. The zero-order chi connectivity index (χ0) is 19.6. The van der Waals surface area contributed by atoms with E-state index in [4.69, 9.17) is 5.73 Å². The highest BCUT2D eigenvalue weighted by molar-refractivity contribution is 7.89. The number of thiophene rings is 1. The SMILES string of the molecule is Cc1nnc2sc(C(=O)NCCN[S+]([O-])c3ccc(F)cc3)c(N)c2c1C. The van der Waals surface area contributed by atoms with E-state index in [0.29, 0.717) is 20.3 Å². The van der Waals surface area contributed by atoms with Gasteiger partial charge in [0, 0.05) is 11.9 Å². The standard InChI is InChI=1S/C17H18FN5O2S2/c1-9-10(2)22-23-17-13(9)14(19)15(26-17)16(24)20-7-8-21-27(25)12-5-3-11(18)4-6-12/h3-6,21H,7-8,19H2,1-2H3,(H,20,24). The van der Waals surface area contributed by atoms with Gasteiger partial charge in [-0.2, -0.15) is 5.10 Å². The number of nitrogens with zero attached hydrogens (tertiary/aromatic N) is 2. The highest BCUT2D eigenvalue weighted by Gasteiger charge is 2.20. The van der Waals surface area contributed by atoms with Crippen LogP contribution in [-0.4, -0.2) is 33.7 Å². The number of carbonyl (C=O) groups is 1. The minimum atomic E-state index is -1.48. The second-order valence-corrected chi connectivity index (χ2v) is 8.10. The number of anilines is 1. The van der Waals surface area contributed by atoms with Gasteiger partial charge in [0.05, 0.1) is 29.3 Å². The Balaban J connectivity index is 1.58. The fourth-order valence-electron chi connectivity index (χ4n) is 2.45. The van der Waals surface area contributed by atoms with Gasteiger partial charge in [0.1, 0.15) is 15.5 Å². The molecule has 0 saturated heterocycles. The predicted molar refractivity (Wildman–Crippen MR) is 104 cm³/mol. The molecule has 2 aromatic heterocycles. The Morgan fingerprint density at radius 2 is 1.96 bits per heavy atom. The second kappa shape index (κ2) is 8.17. The number of halogens is 1. The number of hydrogen-bond acceptors (Lipinski definition) is 7. The summed E-state index contributed by atoms with van der Waals surface area (Å²) in [5.74, 6) is -0.707. The molecule has 1 amide bonds. The average Bonchev–Trinajstić information content (AvgIpc) is 2.99. The number of hydrogen-bond donors (Lipinski definition) is 3. The van der Waals surface area contributed by atoms with Gasteiger partial charge >= 0.3 is 0 Å². The molecule has 0 aliphatic carbocycles. The number of rotatable bonds is 6. The van der Waals surface area contributed by atoms with Crippen LogP contribution in [0, 0.1) is 19.7 Å². The third kappa shape index (κ3) is 4.19. The number of aromatic nitrogens is 2. The van der Waals surface area contributed by atoms with Crippen LogP contribution in [0.2, 0.25) is 0 Å². The lowest BCUT2D eigenvalue weighted by atomic mass is 10.1. The lowest BCUT2D eigenvalue weighted by molar-refractivity contribution is 0.0959. The first-order valence-corrected chi connectivity index (χ1v) is 10.1. The minimum Gasteiger partial charge on any atom is -0.593 e. The summed E-state index contributed by atoms with van der Waals surface area (Å²) in [7, 11) is 0. The van der Waals surface area contributed by atoms with E-state index < -0.39 is 11.4 Å². The number of carbonyl (C=O) groups excluding carboxylic acids is 1. The van der Waals surface area contributed by atoms with Crippen molar-refractivity contribution in [2.45, 2.75) is 18.7 Å². The molecule has 10 heteroatoms. The molecule has 0 aliphatic rings. The number of amides is 1. The van der Waals surface area contributed by atoms with Crippen molar-refractivity contribution in [3.63, 3.8) is 0 Å². The molecule has 0 aliphatic heterocycles. The van der Waals surface area contributed by atoms with Gasteiger partial charge in [0.25, 0.3) is 5.91 Å². The maximum absolute atomic E-state index is 12.9. The zero-order valence-corrected chi connectivity index (χ0v) is 16.3. The Bertz CT molecular complexity index is 978. The largest absolute Gasteiger partial charge is 0.593 e. The van der Waals surface area contributed by atoms with E-state index in [-0.39, 0.29) is 24.8 Å². The van der Waals surface area contributed by atoms with Gasteiger partial charge in [-0.3, -0.25) is 4.79 Å². The Morgan fingerprint density at radius 3 is 2.67 bits per heavy atom. The molecule has 2 heterocycles. The van der Waals surface area contributed by atoms with Crippen LogP contribution in [0.4, 0.5) is 10.1 Å². The summed E-state index contributed by atoms with van der Waals surface area (Å²) in [4.78, 5) is 13.9. The molecular weight excluding hydrogens is 389 g/mol. The summed E-state index contributed by atoms with van der Waals surface area (Å²) in [5, 5.41) is 11.6. The van der Waals surface area contributed by atoms with E-state index >= 15 is 0 Å². The molecule has 7 nitrogen and oxygen atoms in total. The van der Waals surface area contributed by atoms with E-state index in [1.54, 1.807) is 0 Å². The van der Waals surface area contributed by atoms with Gasteiger partial charge in [0.15, 0.2) is 4.90 Å². The zero-order valence-electron chi connectivity index (χ0n) is 14.7. The van der Waals surface area contributed by atoms with Gasteiger partial charge in [-0.15, -0.1) is 21.2 Å². The van der Waals surface area contributed by atoms with Crippen LogP contribution in [0.15, 0.2) is 29.2 Å². The number of fused-ring (bicyclic) bond motifs is 1. The van der Waals surface area contributed by atoms with Gasteiger partial charge in [-0.1, -0.05) is 0 Å². The van der Waals surface area contributed by atoms with Crippen molar-refractivity contribution in [1.29, 1.82) is 0 Å². The predicted octanol–water partition coefficient (Wildman–Crippen LogP) is 2.07. The van der Waals surface area contributed by atoms with E-state index in [9.17, 15) is 13.7 Å². The number of nitrogens with one attached hydrogen (secondary N) is 2. The van der Waals surface area contributed by atoms with Crippen molar-refractivity contribution in [3.05, 3.63) is 46.2 Å². The van der Waals surface area contributed by atoms with Gasteiger partial charge < -0.3 is 15.6 Å². The minimum absolute atomic E-state index is 0.253. The topological polar surface area (TPSA) is 116 Å². The molecule has 1 aromatic carbocycles. The fourth-order valence-corrected chi connectivity index (χ4v) is 4.31. The van der Waals surface area contributed by atoms with E-state index in [1.165, 1.54) is 35.6 Å². The van der Waals surface area contributed by atoms with Crippen molar-refractivity contribution in [3.8, 4) is 0 Å². The summed E-state index contributed by atoms with van der Waals surface area (Å²) in [5.41, 5.74) is 8.21. The quantitative estimate of drug-likeness (QED) is 0.426. The Morgan fingerprint density at radius 1 is 1.26 bits per heavy atom. The third-order valence-corrected chi connectivity index (χ3v) is 6.27. The average molecular weight is 407 g/mol. The van der Waals surface area contributed by atoms with E-state index in [2.05, 4.69) is 20.2 Å². The fraction of sp³-hybridized carbons (Fsp3) is 0.235. The lowest BCUT2D eigenvalue weighted by Gasteiger charge is -2.11. The second-order valence-electron chi connectivity index (χ2n) is 5.81. The molecule has 4 N–H and O–H groups in total. The molecule has 0 spiro atoms. The first kappa shape index (κ1) is 19.5.